The minimum atomic E-state index is -0.348. The van der Waals surface area contributed by atoms with Gasteiger partial charge in [0, 0.05) is 27.0 Å². The van der Waals surface area contributed by atoms with Crippen molar-refractivity contribution in [3.63, 3.8) is 0 Å². The van der Waals surface area contributed by atoms with E-state index in [2.05, 4.69) is 20.9 Å². The van der Waals surface area contributed by atoms with Gasteiger partial charge in [0.25, 0.3) is 0 Å². The summed E-state index contributed by atoms with van der Waals surface area (Å²) in [5.74, 6) is -0.676. The third-order valence-electron chi connectivity index (χ3n) is 4.66. The van der Waals surface area contributed by atoms with Crippen LogP contribution in [0.25, 0.3) is 38.8 Å². The van der Waals surface area contributed by atoms with Gasteiger partial charge < -0.3 is 0 Å². The minimum Gasteiger partial charge on any atom is -0.255 e. The second-order valence-electron chi connectivity index (χ2n) is 6.43. The number of halogens is 3. The van der Waals surface area contributed by atoms with E-state index in [9.17, 15) is 8.78 Å². The largest absolute Gasteiger partial charge is 0.255 e. The molecule has 5 aromatic rings. The molecule has 3 aromatic carbocycles. The molecule has 2 heterocycles. The molecule has 0 aliphatic carbocycles. The van der Waals surface area contributed by atoms with Gasteiger partial charge in [-0.15, -0.1) is 0 Å². The summed E-state index contributed by atoms with van der Waals surface area (Å²) < 4.78 is 30.1. The van der Waals surface area contributed by atoms with Gasteiger partial charge in [0.1, 0.15) is 17.3 Å². The first kappa shape index (κ1) is 17.0. The number of hydrogen-bond donors (Lipinski definition) is 0. The van der Waals surface area contributed by atoms with Gasteiger partial charge in [-0.05, 0) is 54.6 Å². The van der Waals surface area contributed by atoms with Crippen molar-refractivity contribution in [1.82, 2.24) is 14.8 Å². The fraction of sp³-hybridized carbons (Fsp3) is 0. The molecule has 0 bridgehead atoms. The van der Waals surface area contributed by atoms with E-state index in [0.717, 1.165) is 26.6 Å². The van der Waals surface area contributed by atoms with Crippen molar-refractivity contribution in [3.05, 3.63) is 89.0 Å². The summed E-state index contributed by atoms with van der Waals surface area (Å²) in [7, 11) is 0. The van der Waals surface area contributed by atoms with E-state index < -0.39 is 0 Å². The molecule has 0 aliphatic heterocycles. The van der Waals surface area contributed by atoms with Crippen LogP contribution in [0.15, 0.2) is 77.4 Å². The molecular formula is C22H12BrF2N3. The molecule has 0 amide bonds. The van der Waals surface area contributed by atoms with Crippen molar-refractivity contribution in [2.45, 2.75) is 0 Å². The summed E-state index contributed by atoms with van der Waals surface area (Å²) in [6.07, 6.45) is 1.75. The van der Waals surface area contributed by atoms with Crippen LogP contribution in [0.2, 0.25) is 0 Å². The molecule has 0 radical (unpaired) electrons. The number of pyridine rings is 1. The SMILES string of the molecule is Fc1ccc(-n2nc(-c3ccc(Br)cc3)c3cnc4ccc(F)cc4c32)cc1. The third-order valence-corrected chi connectivity index (χ3v) is 5.19. The molecule has 5 rings (SSSR count). The van der Waals surface area contributed by atoms with Gasteiger partial charge in [-0.2, -0.15) is 5.10 Å². The lowest BCUT2D eigenvalue weighted by Gasteiger charge is -2.06. The maximum Gasteiger partial charge on any atom is 0.124 e. The second-order valence-corrected chi connectivity index (χ2v) is 7.34. The highest BCUT2D eigenvalue weighted by Gasteiger charge is 2.17. The number of fused-ring (bicyclic) bond motifs is 3. The fourth-order valence-electron chi connectivity index (χ4n) is 3.35. The molecule has 0 saturated heterocycles. The number of aromatic nitrogens is 3. The van der Waals surface area contributed by atoms with Gasteiger partial charge in [0.05, 0.1) is 16.7 Å². The van der Waals surface area contributed by atoms with Gasteiger partial charge in [-0.3, -0.25) is 4.98 Å². The first-order valence-corrected chi connectivity index (χ1v) is 9.38. The van der Waals surface area contributed by atoms with Gasteiger partial charge in [0.2, 0.25) is 0 Å². The van der Waals surface area contributed by atoms with Crippen molar-refractivity contribution in [2.24, 2.45) is 0 Å². The second kappa shape index (κ2) is 6.49. The Balaban J connectivity index is 1.90. The normalized spacial score (nSPS) is 11.4. The van der Waals surface area contributed by atoms with Crippen molar-refractivity contribution < 1.29 is 8.78 Å². The fourth-order valence-corrected chi connectivity index (χ4v) is 3.61. The Morgan fingerprint density at radius 3 is 2.25 bits per heavy atom. The molecule has 2 aromatic heterocycles. The van der Waals surface area contributed by atoms with Gasteiger partial charge >= 0.3 is 0 Å². The Kier molecular flexibility index (Phi) is 3.94. The van der Waals surface area contributed by atoms with E-state index in [4.69, 9.17) is 5.10 Å². The van der Waals surface area contributed by atoms with Crippen LogP contribution in [-0.4, -0.2) is 14.8 Å². The lowest BCUT2D eigenvalue weighted by molar-refractivity contribution is 0.627. The summed E-state index contributed by atoms with van der Waals surface area (Å²) in [5, 5.41) is 6.23. The number of hydrogen-bond acceptors (Lipinski definition) is 2. The first-order valence-electron chi connectivity index (χ1n) is 8.59. The summed E-state index contributed by atoms with van der Waals surface area (Å²) in [4.78, 5) is 4.49. The molecule has 0 aliphatic rings. The number of benzene rings is 3. The summed E-state index contributed by atoms with van der Waals surface area (Å²) in [6, 6.07) is 18.3. The van der Waals surface area contributed by atoms with E-state index in [0.29, 0.717) is 16.6 Å². The number of nitrogens with zero attached hydrogens (tertiary/aromatic N) is 3. The molecular weight excluding hydrogens is 424 g/mol. The van der Waals surface area contributed by atoms with Crippen LogP contribution < -0.4 is 0 Å². The Bertz CT molecular complexity index is 1330. The molecule has 0 N–H and O–H groups in total. The topological polar surface area (TPSA) is 30.7 Å². The van der Waals surface area contributed by atoms with Crippen LogP contribution in [0.5, 0.6) is 0 Å². The lowest BCUT2D eigenvalue weighted by atomic mass is 10.1. The summed E-state index contributed by atoms with van der Waals surface area (Å²) in [6.45, 7) is 0. The van der Waals surface area contributed by atoms with E-state index in [1.54, 1.807) is 29.1 Å². The molecule has 136 valence electrons. The van der Waals surface area contributed by atoms with Crippen molar-refractivity contribution in [3.8, 4) is 16.9 Å². The predicted molar refractivity (Wildman–Crippen MR) is 109 cm³/mol. The van der Waals surface area contributed by atoms with Crippen LogP contribution in [0.3, 0.4) is 0 Å². The quantitative estimate of drug-likeness (QED) is 0.326. The van der Waals surface area contributed by atoms with E-state index in [1.165, 1.54) is 24.3 Å². The molecule has 0 fully saturated rings. The molecule has 28 heavy (non-hydrogen) atoms. The molecule has 0 spiro atoms. The van der Waals surface area contributed by atoms with Crippen LogP contribution in [-0.2, 0) is 0 Å². The molecule has 0 atom stereocenters. The third kappa shape index (κ3) is 2.77. The van der Waals surface area contributed by atoms with Crippen molar-refractivity contribution in [2.75, 3.05) is 0 Å². The maximum atomic E-state index is 14.0. The Labute approximate surface area is 167 Å². The highest BCUT2D eigenvalue weighted by Crippen LogP contribution is 2.34. The molecule has 0 saturated carbocycles. The highest BCUT2D eigenvalue weighted by atomic mass is 79.9. The Morgan fingerprint density at radius 1 is 0.786 bits per heavy atom. The number of rotatable bonds is 2. The Morgan fingerprint density at radius 2 is 1.50 bits per heavy atom. The van der Waals surface area contributed by atoms with E-state index in [1.807, 2.05) is 24.3 Å². The van der Waals surface area contributed by atoms with Gasteiger partial charge in [-0.25, -0.2) is 13.5 Å². The average Bonchev–Trinajstić information content (AvgIpc) is 3.09. The van der Waals surface area contributed by atoms with Crippen molar-refractivity contribution in [1.29, 1.82) is 0 Å². The molecule has 3 nitrogen and oxygen atoms in total. The van der Waals surface area contributed by atoms with E-state index >= 15 is 0 Å². The van der Waals surface area contributed by atoms with Crippen LogP contribution in [0.4, 0.5) is 8.78 Å². The molecule has 0 unspecified atom stereocenters. The van der Waals surface area contributed by atoms with E-state index in [-0.39, 0.29) is 11.6 Å². The highest BCUT2D eigenvalue weighted by molar-refractivity contribution is 9.10. The van der Waals surface area contributed by atoms with Crippen molar-refractivity contribution >= 4 is 37.7 Å². The standard InChI is InChI=1S/C22H12BrF2N3/c23-14-3-1-13(2-4-14)21-19-12-26-20-10-7-16(25)11-18(20)22(19)28(27-21)17-8-5-15(24)6-9-17/h1-12H. The van der Waals surface area contributed by atoms with Crippen LogP contribution >= 0.6 is 15.9 Å². The first-order chi connectivity index (χ1) is 13.6. The maximum absolute atomic E-state index is 14.0. The monoisotopic (exact) mass is 435 g/mol. The summed E-state index contributed by atoms with van der Waals surface area (Å²) in [5.41, 5.74) is 3.72. The van der Waals surface area contributed by atoms with Crippen LogP contribution in [0, 0.1) is 11.6 Å². The smallest absolute Gasteiger partial charge is 0.124 e. The van der Waals surface area contributed by atoms with Crippen LogP contribution in [0.1, 0.15) is 0 Å². The molecule has 6 heteroatoms. The summed E-state index contributed by atoms with van der Waals surface area (Å²) >= 11 is 3.44. The lowest BCUT2D eigenvalue weighted by Crippen LogP contribution is -1.97. The van der Waals surface area contributed by atoms with Gasteiger partial charge in [0.15, 0.2) is 0 Å². The zero-order chi connectivity index (χ0) is 19.3. The average molecular weight is 436 g/mol. The van der Waals surface area contributed by atoms with Gasteiger partial charge in [-0.1, -0.05) is 28.1 Å². The zero-order valence-electron chi connectivity index (χ0n) is 14.4. The predicted octanol–water partition coefficient (Wildman–Crippen LogP) is 6.28. The minimum absolute atomic E-state index is 0.328. The Hall–Kier alpha value is -3.12. The zero-order valence-corrected chi connectivity index (χ0v) is 16.0.